The molecule has 1 aliphatic carbocycles. The molecule has 1 heterocycles. The normalized spacial score (nSPS) is 25.8. The molecule has 120 valence electrons. The van der Waals surface area contributed by atoms with Crippen LogP contribution in [0.1, 0.15) is 57.8 Å². The topological polar surface area (TPSA) is 75.6 Å². The number of hydrogen-bond donors (Lipinski definition) is 2. The Balaban J connectivity index is 1.85. The van der Waals surface area contributed by atoms with Crippen molar-refractivity contribution in [1.29, 1.82) is 0 Å². The van der Waals surface area contributed by atoms with Crippen LogP contribution >= 0.6 is 0 Å². The summed E-state index contributed by atoms with van der Waals surface area (Å²) in [5.41, 5.74) is 0. The van der Waals surface area contributed by atoms with Crippen LogP contribution in [0, 0.1) is 11.8 Å². The van der Waals surface area contributed by atoms with Crippen molar-refractivity contribution < 1.29 is 19.4 Å². The second kappa shape index (κ2) is 8.37. The van der Waals surface area contributed by atoms with Gasteiger partial charge in [-0.25, -0.2) is 4.79 Å². The number of carbonyl (C=O) groups excluding carboxylic acids is 1. The van der Waals surface area contributed by atoms with Crippen LogP contribution in [0.4, 0.5) is 0 Å². The molecule has 1 saturated carbocycles. The van der Waals surface area contributed by atoms with E-state index in [-0.39, 0.29) is 17.7 Å². The maximum absolute atomic E-state index is 12.3. The summed E-state index contributed by atoms with van der Waals surface area (Å²) < 4.78 is 5.39. The number of rotatable bonds is 5. The fourth-order valence-corrected chi connectivity index (χ4v) is 3.38. The fraction of sp³-hybridized carbons (Fsp3) is 0.875. The molecule has 0 aromatic rings. The second-order valence-corrected chi connectivity index (χ2v) is 6.41. The second-order valence-electron chi connectivity index (χ2n) is 6.41. The molecule has 0 aromatic heterocycles. The predicted molar refractivity (Wildman–Crippen MR) is 78.9 cm³/mol. The molecule has 1 saturated heterocycles. The largest absolute Gasteiger partial charge is 0.480 e. The molecule has 0 radical (unpaired) electrons. The van der Waals surface area contributed by atoms with E-state index < -0.39 is 12.0 Å². The SMILES string of the molecule is O=C(NC(CC1CCCOC1)C(=O)O)C1CCCCCC1. The molecule has 0 spiro atoms. The van der Waals surface area contributed by atoms with Crippen LogP contribution in [0.25, 0.3) is 0 Å². The number of hydrogen-bond acceptors (Lipinski definition) is 3. The first-order chi connectivity index (χ1) is 10.2. The van der Waals surface area contributed by atoms with Crippen molar-refractivity contribution in [3.8, 4) is 0 Å². The van der Waals surface area contributed by atoms with Gasteiger partial charge in [-0.1, -0.05) is 25.7 Å². The summed E-state index contributed by atoms with van der Waals surface area (Å²) in [6.07, 6.45) is 8.76. The van der Waals surface area contributed by atoms with Gasteiger partial charge < -0.3 is 15.2 Å². The zero-order valence-electron chi connectivity index (χ0n) is 12.7. The van der Waals surface area contributed by atoms with Gasteiger partial charge in [-0.2, -0.15) is 0 Å². The number of nitrogens with one attached hydrogen (secondary N) is 1. The summed E-state index contributed by atoms with van der Waals surface area (Å²) in [5, 5.41) is 12.1. The number of carbonyl (C=O) groups is 2. The first-order valence-electron chi connectivity index (χ1n) is 8.27. The minimum atomic E-state index is -0.928. The molecule has 2 fully saturated rings. The molecule has 21 heavy (non-hydrogen) atoms. The molecule has 1 amide bonds. The first kappa shape index (κ1) is 16.3. The minimum absolute atomic E-state index is 0.00282. The number of carboxylic acids is 1. The van der Waals surface area contributed by atoms with Gasteiger partial charge in [0.05, 0.1) is 0 Å². The zero-order chi connectivity index (χ0) is 15.1. The number of ether oxygens (including phenoxy) is 1. The average Bonchev–Trinajstić information content (AvgIpc) is 2.76. The van der Waals surface area contributed by atoms with Crippen molar-refractivity contribution in [2.24, 2.45) is 11.8 Å². The van der Waals surface area contributed by atoms with E-state index in [1.807, 2.05) is 0 Å². The molecule has 2 rings (SSSR count). The zero-order valence-corrected chi connectivity index (χ0v) is 12.7. The Hall–Kier alpha value is -1.10. The summed E-state index contributed by atoms with van der Waals surface area (Å²) in [6, 6.07) is -0.771. The van der Waals surface area contributed by atoms with Crippen molar-refractivity contribution in [3.63, 3.8) is 0 Å². The van der Waals surface area contributed by atoms with Crippen molar-refractivity contribution in [3.05, 3.63) is 0 Å². The molecule has 0 aromatic carbocycles. The Bertz CT molecular complexity index is 344. The van der Waals surface area contributed by atoms with Crippen LogP contribution in [-0.2, 0) is 14.3 Å². The molecule has 2 unspecified atom stereocenters. The summed E-state index contributed by atoms with van der Waals surface area (Å²) in [4.78, 5) is 23.7. The quantitative estimate of drug-likeness (QED) is 0.764. The van der Waals surface area contributed by atoms with Gasteiger partial charge in [0.15, 0.2) is 0 Å². The molecule has 2 aliphatic rings. The number of amides is 1. The Morgan fingerprint density at radius 2 is 1.81 bits per heavy atom. The van der Waals surface area contributed by atoms with Gasteiger partial charge in [-0.05, 0) is 38.0 Å². The van der Waals surface area contributed by atoms with E-state index in [4.69, 9.17) is 4.74 Å². The Morgan fingerprint density at radius 3 is 2.38 bits per heavy atom. The van der Waals surface area contributed by atoms with Crippen molar-refractivity contribution >= 4 is 11.9 Å². The predicted octanol–water partition coefficient (Wildman–Crippen LogP) is 2.34. The van der Waals surface area contributed by atoms with Crippen LogP contribution in [0.15, 0.2) is 0 Å². The van der Waals surface area contributed by atoms with E-state index in [2.05, 4.69) is 5.32 Å². The highest BCUT2D eigenvalue weighted by Crippen LogP contribution is 2.24. The van der Waals surface area contributed by atoms with Gasteiger partial charge in [-0.15, -0.1) is 0 Å². The number of aliphatic carboxylic acids is 1. The smallest absolute Gasteiger partial charge is 0.326 e. The lowest BCUT2D eigenvalue weighted by Crippen LogP contribution is -2.45. The Labute approximate surface area is 126 Å². The fourth-order valence-electron chi connectivity index (χ4n) is 3.38. The van der Waals surface area contributed by atoms with E-state index in [1.165, 1.54) is 12.8 Å². The molecule has 2 atom stereocenters. The molecular formula is C16H27NO4. The molecule has 5 heteroatoms. The molecule has 0 bridgehead atoms. The summed E-state index contributed by atoms with van der Waals surface area (Å²) in [7, 11) is 0. The first-order valence-corrected chi connectivity index (χ1v) is 8.27. The highest BCUT2D eigenvalue weighted by molar-refractivity contribution is 5.84. The molecule has 5 nitrogen and oxygen atoms in total. The molecule has 1 aliphatic heterocycles. The van der Waals surface area contributed by atoms with E-state index in [1.54, 1.807) is 0 Å². The van der Waals surface area contributed by atoms with Crippen LogP contribution in [0.2, 0.25) is 0 Å². The lowest BCUT2D eigenvalue weighted by molar-refractivity contribution is -0.143. The van der Waals surface area contributed by atoms with Gasteiger partial charge in [0.1, 0.15) is 6.04 Å². The van der Waals surface area contributed by atoms with E-state index in [0.29, 0.717) is 13.0 Å². The van der Waals surface area contributed by atoms with E-state index in [0.717, 1.165) is 45.1 Å². The molecular weight excluding hydrogens is 270 g/mol. The lowest BCUT2D eigenvalue weighted by atomic mass is 9.93. The van der Waals surface area contributed by atoms with Crippen molar-refractivity contribution in [2.75, 3.05) is 13.2 Å². The third kappa shape index (κ3) is 5.30. The third-order valence-electron chi connectivity index (χ3n) is 4.66. The number of carboxylic acid groups (broad SMARTS) is 1. The standard InChI is InChI=1S/C16H27NO4/c18-15(13-7-3-1-2-4-8-13)17-14(16(19)20)10-12-6-5-9-21-11-12/h12-14H,1-11H2,(H,17,18)(H,19,20). The van der Waals surface area contributed by atoms with E-state index in [9.17, 15) is 14.7 Å². The highest BCUT2D eigenvalue weighted by atomic mass is 16.5. The highest BCUT2D eigenvalue weighted by Gasteiger charge is 2.28. The van der Waals surface area contributed by atoms with Crippen molar-refractivity contribution in [1.82, 2.24) is 5.32 Å². The lowest BCUT2D eigenvalue weighted by Gasteiger charge is -2.26. The Kier molecular flexibility index (Phi) is 6.49. The van der Waals surface area contributed by atoms with Gasteiger partial charge in [-0.3, -0.25) is 4.79 Å². The third-order valence-corrected chi connectivity index (χ3v) is 4.66. The van der Waals surface area contributed by atoms with Gasteiger partial charge in [0, 0.05) is 19.1 Å². The Morgan fingerprint density at radius 1 is 1.10 bits per heavy atom. The maximum Gasteiger partial charge on any atom is 0.326 e. The van der Waals surface area contributed by atoms with Gasteiger partial charge in [0.25, 0.3) is 0 Å². The summed E-state index contributed by atoms with van der Waals surface area (Å²) in [5.74, 6) is -0.755. The van der Waals surface area contributed by atoms with Crippen LogP contribution < -0.4 is 5.32 Å². The van der Waals surface area contributed by atoms with Gasteiger partial charge >= 0.3 is 5.97 Å². The van der Waals surface area contributed by atoms with E-state index >= 15 is 0 Å². The average molecular weight is 297 g/mol. The van der Waals surface area contributed by atoms with Crippen LogP contribution in [0.3, 0.4) is 0 Å². The van der Waals surface area contributed by atoms with Crippen LogP contribution in [0.5, 0.6) is 0 Å². The molecule has 2 N–H and O–H groups in total. The van der Waals surface area contributed by atoms with Gasteiger partial charge in [0.2, 0.25) is 5.91 Å². The minimum Gasteiger partial charge on any atom is -0.480 e. The summed E-state index contributed by atoms with van der Waals surface area (Å²) >= 11 is 0. The maximum atomic E-state index is 12.3. The van der Waals surface area contributed by atoms with Crippen molar-refractivity contribution in [2.45, 2.75) is 63.8 Å². The van der Waals surface area contributed by atoms with Crippen LogP contribution in [-0.4, -0.2) is 36.2 Å². The summed E-state index contributed by atoms with van der Waals surface area (Å²) in [6.45, 7) is 1.38. The monoisotopic (exact) mass is 297 g/mol.